The minimum atomic E-state index is -0.206. The van der Waals surface area contributed by atoms with E-state index in [0.29, 0.717) is 25.2 Å². The topological polar surface area (TPSA) is 80.9 Å². The standard InChI is InChI=1S/C10H8Cl2N4OS2/c11-5-1-2-6(12)7(3-5)14-8(17)4-18-10-16-15-9(13)19-10/h1-3H,4H2,(H2,13,15)(H,14,17). The van der Waals surface area contributed by atoms with E-state index in [1.165, 1.54) is 23.1 Å². The molecule has 5 nitrogen and oxygen atoms in total. The number of nitrogens with one attached hydrogen (secondary N) is 1. The predicted octanol–water partition coefficient (Wildman–Crippen LogP) is 3.16. The number of amides is 1. The molecule has 9 heteroatoms. The lowest BCUT2D eigenvalue weighted by atomic mass is 10.3. The number of anilines is 2. The van der Waals surface area contributed by atoms with Crippen molar-refractivity contribution in [3.8, 4) is 0 Å². The predicted molar refractivity (Wildman–Crippen MR) is 80.1 cm³/mol. The van der Waals surface area contributed by atoms with Gasteiger partial charge in [0.05, 0.1) is 16.5 Å². The van der Waals surface area contributed by atoms with Crippen LogP contribution in [0.15, 0.2) is 22.5 Å². The van der Waals surface area contributed by atoms with Crippen LogP contribution >= 0.6 is 46.3 Å². The van der Waals surface area contributed by atoms with Gasteiger partial charge in [-0.3, -0.25) is 4.79 Å². The van der Waals surface area contributed by atoms with Crippen LogP contribution in [0, 0.1) is 0 Å². The molecule has 0 radical (unpaired) electrons. The largest absolute Gasteiger partial charge is 0.374 e. The van der Waals surface area contributed by atoms with Crippen molar-refractivity contribution < 1.29 is 4.79 Å². The lowest BCUT2D eigenvalue weighted by molar-refractivity contribution is -0.113. The summed E-state index contributed by atoms with van der Waals surface area (Å²) in [5, 5.41) is 11.5. The number of hydrogen-bond acceptors (Lipinski definition) is 6. The Hall–Kier alpha value is -1.02. The number of nitrogen functional groups attached to an aromatic ring is 1. The van der Waals surface area contributed by atoms with Crippen LogP contribution in [0.25, 0.3) is 0 Å². The van der Waals surface area contributed by atoms with Crippen molar-refractivity contribution in [2.45, 2.75) is 4.34 Å². The van der Waals surface area contributed by atoms with Gasteiger partial charge in [-0.2, -0.15) is 0 Å². The second kappa shape index (κ2) is 6.42. The second-order valence-electron chi connectivity index (χ2n) is 3.37. The number of nitrogens with zero attached hydrogens (tertiary/aromatic N) is 2. The molecule has 2 aromatic rings. The first-order valence-electron chi connectivity index (χ1n) is 5.01. The maximum atomic E-state index is 11.7. The van der Waals surface area contributed by atoms with Gasteiger partial charge in [-0.15, -0.1) is 10.2 Å². The van der Waals surface area contributed by atoms with Crippen molar-refractivity contribution in [2.75, 3.05) is 16.8 Å². The van der Waals surface area contributed by atoms with E-state index in [1.54, 1.807) is 18.2 Å². The number of carbonyl (C=O) groups excluding carboxylic acids is 1. The lowest BCUT2D eigenvalue weighted by Gasteiger charge is -2.06. The van der Waals surface area contributed by atoms with E-state index in [1.807, 2.05) is 0 Å². The molecule has 100 valence electrons. The van der Waals surface area contributed by atoms with Gasteiger partial charge in [0.1, 0.15) is 0 Å². The van der Waals surface area contributed by atoms with Crippen LogP contribution in [0.5, 0.6) is 0 Å². The maximum absolute atomic E-state index is 11.7. The number of thioether (sulfide) groups is 1. The van der Waals surface area contributed by atoms with Crippen LogP contribution in [0.3, 0.4) is 0 Å². The molecule has 1 aromatic heterocycles. The molecule has 0 saturated heterocycles. The van der Waals surface area contributed by atoms with Gasteiger partial charge in [0.2, 0.25) is 11.0 Å². The summed E-state index contributed by atoms with van der Waals surface area (Å²) in [5.41, 5.74) is 5.93. The van der Waals surface area contributed by atoms with Gasteiger partial charge in [0.15, 0.2) is 4.34 Å². The third-order valence-corrected chi connectivity index (χ3v) is 4.40. The van der Waals surface area contributed by atoms with Crippen molar-refractivity contribution in [2.24, 2.45) is 0 Å². The Bertz CT molecular complexity index is 605. The van der Waals surface area contributed by atoms with E-state index in [-0.39, 0.29) is 11.7 Å². The van der Waals surface area contributed by atoms with Crippen molar-refractivity contribution in [1.82, 2.24) is 10.2 Å². The average molecular weight is 335 g/mol. The molecule has 0 atom stereocenters. The number of benzene rings is 1. The summed E-state index contributed by atoms with van der Waals surface area (Å²) in [7, 11) is 0. The maximum Gasteiger partial charge on any atom is 0.234 e. The number of aromatic nitrogens is 2. The van der Waals surface area contributed by atoms with E-state index in [0.717, 1.165) is 0 Å². The number of rotatable bonds is 4. The Morgan fingerprint density at radius 3 is 2.89 bits per heavy atom. The summed E-state index contributed by atoms with van der Waals surface area (Å²) in [4.78, 5) is 11.7. The van der Waals surface area contributed by atoms with Gasteiger partial charge in [0.25, 0.3) is 0 Å². The molecule has 0 aliphatic carbocycles. The van der Waals surface area contributed by atoms with Crippen LogP contribution in [-0.2, 0) is 4.79 Å². The summed E-state index contributed by atoms with van der Waals surface area (Å²) in [5.74, 6) is -0.0137. The van der Waals surface area contributed by atoms with Gasteiger partial charge in [-0.1, -0.05) is 46.3 Å². The molecule has 0 bridgehead atoms. The third-order valence-electron chi connectivity index (χ3n) is 1.95. The first-order valence-corrected chi connectivity index (χ1v) is 7.57. The average Bonchev–Trinajstić information content (AvgIpc) is 2.77. The molecule has 19 heavy (non-hydrogen) atoms. The molecule has 0 unspecified atom stereocenters. The second-order valence-corrected chi connectivity index (χ2v) is 6.44. The van der Waals surface area contributed by atoms with Crippen LogP contribution in [-0.4, -0.2) is 21.9 Å². The van der Waals surface area contributed by atoms with E-state index in [2.05, 4.69) is 15.5 Å². The Morgan fingerprint density at radius 1 is 1.42 bits per heavy atom. The normalized spacial score (nSPS) is 10.4. The molecule has 1 aromatic carbocycles. The molecule has 0 aliphatic heterocycles. The lowest BCUT2D eigenvalue weighted by Crippen LogP contribution is -2.14. The van der Waals surface area contributed by atoms with E-state index in [4.69, 9.17) is 28.9 Å². The molecule has 0 aliphatic rings. The van der Waals surface area contributed by atoms with Gasteiger partial charge in [0, 0.05) is 5.02 Å². The summed E-state index contributed by atoms with van der Waals surface area (Å²) in [6, 6.07) is 4.87. The summed E-state index contributed by atoms with van der Waals surface area (Å²) < 4.78 is 0.643. The fourth-order valence-electron chi connectivity index (χ4n) is 1.19. The Balaban J connectivity index is 1.92. The van der Waals surface area contributed by atoms with Gasteiger partial charge in [-0.25, -0.2) is 0 Å². The zero-order valence-corrected chi connectivity index (χ0v) is 12.5. The van der Waals surface area contributed by atoms with E-state index in [9.17, 15) is 4.79 Å². The number of nitrogens with two attached hydrogens (primary N) is 1. The van der Waals surface area contributed by atoms with Crippen molar-refractivity contribution in [3.63, 3.8) is 0 Å². The Kier molecular flexibility index (Phi) is 4.87. The first-order chi connectivity index (χ1) is 9.04. The summed E-state index contributed by atoms with van der Waals surface area (Å²) in [6.07, 6.45) is 0. The molecular weight excluding hydrogens is 327 g/mol. The Labute approximate surface area is 127 Å². The highest BCUT2D eigenvalue weighted by Crippen LogP contribution is 2.27. The molecular formula is C10H8Cl2N4OS2. The number of halogens is 2. The summed E-state index contributed by atoms with van der Waals surface area (Å²) in [6.45, 7) is 0. The SMILES string of the molecule is Nc1nnc(SCC(=O)Nc2cc(Cl)ccc2Cl)s1. The quantitative estimate of drug-likeness (QED) is 0.839. The van der Waals surface area contributed by atoms with Gasteiger partial charge < -0.3 is 11.1 Å². The zero-order chi connectivity index (χ0) is 13.8. The highest BCUT2D eigenvalue weighted by atomic mass is 35.5. The molecule has 3 N–H and O–H groups in total. The molecule has 1 heterocycles. The van der Waals surface area contributed by atoms with Gasteiger partial charge >= 0.3 is 0 Å². The van der Waals surface area contributed by atoms with Gasteiger partial charge in [-0.05, 0) is 18.2 Å². The highest BCUT2D eigenvalue weighted by molar-refractivity contribution is 8.01. The van der Waals surface area contributed by atoms with Crippen molar-refractivity contribution >= 4 is 63.0 Å². The van der Waals surface area contributed by atoms with Crippen LogP contribution in [0.2, 0.25) is 10.0 Å². The van der Waals surface area contributed by atoms with Crippen molar-refractivity contribution in [3.05, 3.63) is 28.2 Å². The molecule has 2 rings (SSSR count). The highest BCUT2D eigenvalue weighted by Gasteiger charge is 2.09. The van der Waals surface area contributed by atoms with Crippen LogP contribution in [0.1, 0.15) is 0 Å². The van der Waals surface area contributed by atoms with Crippen molar-refractivity contribution in [1.29, 1.82) is 0 Å². The summed E-state index contributed by atoms with van der Waals surface area (Å²) >= 11 is 14.3. The minimum Gasteiger partial charge on any atom is -0.374 e. The molecule has 0 spiro atoms. The first kappa shape index (κ1) is 14.4. The smallest absolute Gasteiger partial charge is 0.234 e. The van der Waals surface area contributed by atoms with E-state index >= 15 is 0 Å². The number of hydrogen-bond donors (Lipinski definition) is 2. The minimum absolute atomic E-state index is 0.192. The van der Waals surface area contributed by atoms with E-state index < -0.39 is 0 Å². The van der Waals surface area contributed by atoms with Crippen LogP contribution < -0.4 is 11.1 Å². The molecule has 0 saturated carbocycles. The fraction of sp³-hybridized carbons (Fsp3) is 0.100. The Morgan fingerprint density at radius 2 is 2.21 bits per heavy atom. The fourth-order valence-corrected chi connectivity index (χ4v) is 2.96. The van der Waals surface area contributed by atoms with Crippen LogP contribution in [0.4, 0.5) is 10.8 Å². The number of carbonyl (C=O) groups is 1. The zero-order valence-electron chi connectivity index (χ0n) is 9.39. The molecule has 1 amide bonds. The molecule has 0 fully saturated rings. The monoisotopic (exact) mass is 334 g/mol. The third kappa shape index (κ3) is 4.24.